The molecule has 144 valence electrons. The molecule has 27 heavy (non-hydrogen) atoms. The number of nitrogens with zero attached hydrogens (tertiary/aromatic N) is 1. The van der Waals surface area contributed by atoms with Gasteiger partial charge in [0.15, 0.2) is 0 Å². The fourth-order valence-electron chi connectivity index (χ4n) is 2.84. The molecule has 3 rings (SSSR count). The summed E-state index contributed by atoms with van der Waals surface area (Å²) in [5.74, 6) is 0.476. The van der Waals surface area contributed by atoms with Crippen LogP contribution in [0.15, 0.2) is 62.8 Å². The van der Waals surface area contributed by atoms with Crippen molar-refractivity contribution in [3.63, 3.8) is 0 Å². The third-order valence-corrected chi connectivity index (χ3v) is 7.71. The van der Waals surface area contributed by atoms with Crippen LogP contribution < -0.4 is 5.32 Å². The zero-order valence-corrected chi connectivity index (χ0v) is 17.9. The SMILES string of the molecule is O=C(NCCSc1ccc(Br)cc1)c1cccc(S(=O)(=O)N2CCCC2)c1. The van der Waals surface area contributed by atoms with Gasteiger partial charge in [-0.3, -0.25) is 4.79 Å². The maximum atomic E-state index is 12.6. The molecule has 1 saturated heterocycles. The Balaban J connectivity index is 1.56. The molecule has 0 atom stereocenters. The lowest BCUT2D eigenvalue weighted by molar-refractivity contribution is 0.0956. The van der Waals surface area contributed by atoms with E-state index in [2.05, 4.69) is 21.2 Å². The van der Waals surface area contributed by atoms with Crippen LogP contribution in [0.2, 0.25) is 0 Å². The van der Waals surface area contributed by atoms with E-state index in [9.17, 15) is 13.2 Å². The molecule has 0 bridgehead atoms. The monoisotopic (exact) mass is 468 g/mol. The van der Waals surface area contributed by atoms with Crippen LogP contribution in [-0.4, -0.2) is 44.0 Å². The minimum absolute atomic E-state index is 0.182. The van der Waals surface area contributed by atoms with Crippen molar-refractivity contribution in [2.75, 3.05) is 25.4 Å². The van der Waals surface area contributed by atoms with E-state index < -0.39 is 10.0 Å². The molecular formula is C19H21BrN2O3S2. The number of nitrogens with one attached hydrogen (secondary N) is 1. The average molecular weight is 469 g/mol. The van der Waals surface area contributed by atoms with Gasteiger partial charge in [0.1, 0.15) is 0 Å². The van der Waals surface area contributed by atoms with E-state index in [1.165, 1.54) is 10.4 Å². The summed E-state index contributed by atoms with van der Waals surface area (Å²) in [5.41, 5.74) is 0.365. The third-order valence-electron chi connectivity index (χ3n) is 4.27. The van der Waals surface area contributed by atoms with Crippen molar-refractivity contribution in [3.8, 4) is 0 Å². The number of benzene rings is 2. The minimum atomic E-state index is -3.51. The quantitative estimate of drug-likeness (QED) is 0.496. The van der Waals surface area contributed by atoms with Gasteiger partial charge in [-0.05, 0) is 55.3 Å². The van der Waals surface area contributed by atoms with Crippen molar-refractivity contribution >= 4 is 43.6 Å². The first-order valence-electron chi connectivity index (χ1n) is 8.73. The van der Waals surface area contributed by atoms with Crippen molar-refractivity contribution in [3.05, 3.63) is 58.6 Å². The highest BCUT2D eigenvalue weighted by Gasteiger charge is 2.27. The second-order valence-corrected chi connectivity index (χ2v) is 10.2. The molecule has 0 aromatic heterocycles. The lowest BCUT2D eigenvalue weighted by Crippen LogP contribution is -2.29. The number of halogens is 1. The first-order valence-corrected chi connectivity index (χ1v) is 12.0. The highest BCUT2D eigenvalue weighted by atomic mass is 79.9. The molecule has 0 aliphatic carbocycles. The molecule has 1 aliphatic rings. The second-order valence-electron chi connectivity index (χ2n) is 6.20. The summed E-state index contributed by atoms with van der Waals surface area (Å²) in [7, 11) is -3.51. The van der Waals surface area contributed by atoms with Crippen molar-refractivity contribution < 1.29 is 13.2 Å². The summed E-state index contributed by atoms with van der Waals surface area (Å²) in [6.45, 7) is 1.60. The largest absolute Gasteiger partial charge is 0.351 e. The van der Waals surface area contributed by atoms with Gasteiger partial charge < -0.3 is 5.32 Å². The summed E-state index contributed by atoms with van der Waals surface area (Å²) < 4.78 is 27.8. The molecule has 0 saturated carbocycles. The normalized spacial score (nSPS) is 15.0. The van der Waals surface area contributed by atoms with E-state index in [-0.39, 0.29) is 10.8 Å². The highest BCUT2D eigenvalue weighted by Crippen LogP contribution is 2.22. The number of carbonyl (C=O) groups excluding carboxylic acids is 1. The fourth-order valence-corrected chi connectivity index (χ4v) is 5.44. The van der Waals surface area contributed by atoms with E-state index in [1.54, 1.807) is 30.0 Å². The van der Waals surface area contributed by atoms with Gasteiger partial charge in [0.25, 0.3) is 5.91 Å². The second kappa shape index (κ2) is 9.23. The zero-order chi connectivity index (χ0) is 19.3. The van der Waals surface area contributed by atoms with Gasteiger partial charge >= 0.3 is 0 Å². The Labute approximate surface area is 172 Å². The van der Waals surface area contributed by atoms with Gasteiger partial charge in [-0.25, -0.2) is 8.42 Å². The number of thioether (sulfide) groups is 1. The van der Waals surface area contributed by atoms with Crippen LogP contribution >= 0.6 is 27.7 Å². The first kappa shape index (κ1) is 20.4. The van der Waals surface area contributed by atoms with Crippen LogP contribution in [0.25, 0.3) is 0 Å². The van der Waals surface area contributed by atoms with Crippen molar-refractivity contribution in [2.24, 2.45) is 0 Å². The van der Waals surface area contributed by atoms with Gasteiger partial charge in [0, 0.05) is 40.3 Å². The Morgan fingerprint density at radius 2 is 1.81 bits per heavy atom. The molecule has 1 N–H and O–H groups in total. The van der Waals surface area contributed by atoms with Crippen LogP contribution in [0.1, 0.15) is 23.2 Å². The summed E-state index contributed by atoms with van der Waals surface area (Å²) in [5, 5.41) is 2.85. The van der Waals surface area contributed by atoms with Gasteiger partial charge in [-0.15, -0.1) is 11.8 Å². The van der Waals surface area contributed by atoms with E-state index in [1.807, 2.05) is 24.3 Å². The number of sulfonamides is 1. The van der Waals surface area contributed by atoms with Gasteiger partial charge in [0.05, 0.1) is 4.90 Å². The lowest BCUT2D eigenvalue weighted by Gasteiger charge is -2.16. The summed E-state index contributed by atoms with van der Waals surface area (Å²) in [4.78, 5) is 13.7. The van der Waals surface area contributed by atoms with E-state index in [4.69, 9.17) is 0 Å². The number of rotatable bonds is 7. The predicted molar refractivity (Wildman–Crippen MR) is 112 cm³/mol. The van der Waals surface area contributed by atoms with Crippen LogP contribution in [0.3, 0.4) is 0 Å². The molecule has 1 aliphatic heterocycles. The van der Waals surface area contributed by atoms with Crippen molar-refractivity contribution in [1.29, 1.82) is 0 Å². The first-order chi connectivity index (χ1) is 13.0. The number of hydrogen-bond acceptors (Lipinski definition) is 4. The molecule has 1 heterocycles. The summed E-state index contributed by atoms with van der Waals surface area (Å²) >= 11 is 5.05. The zero-order valence-electron chi connectivity index (χ0n) is 14.7. The molecule has 0 radical (unpaired) electrons. The van der Waals surface area contributed by atoms with E-state index in [0.29, 0.717) is 25.2 Å². The smallest absolute Gasteiger partial charge is 0.251 e. The van der Waals surface area contributed by atoms with Gasteiger partial charge in [0.2, 0.25) is 10.0 Å². The van der Waals surface area contributed by atoms with E-state index in [0.717, 1.165) is 28.0 Å². The van der Waals surface area contributed by atoms with Crippen LogP contribution in [0.4, 0.5) is 0 Å². The molecule has 5 nitrogen and oxygen atoms in total. The molecule has 2 aromatic carbocycles. The Morgan fingerprint density at radius 1 is 1.11 bits per heavy atom. The van der Waals surface area contributed by atoms with Gasteiger partial charge in [-0.1, -0.05) is 22.0 Å². The molecule has 8 heteroatoms. The maximum Gasteiger partial charge on any atom is 0.251 e. The third kappa shape index (κ3) is 5.34. The standard InChI is InChI=1S/C19H21BrN2O3S2/c20-16-6-8-17(9-7-16)26-13-10-21-19(23)15-4-3-5-18(14-15)27(24,25)22-11-1-2-12-22/h3-9,14H,1-2,10-13H2,(H,21,23). The van der Waals surface area contributed by atoms with Crippen LogP contribution in [0.5, 0.6) is 0 Å². The highest BCUT2D eigenvalue weighted by molar-refractivity contribution is 9.10. The molecule has 2 aromatic rings. The number of carbonyl (C=O) groups is 1. The Kier molecular flexibility index (Phi) is 6.97. The Morgan fingerprint density at radius 3 is 2.52 bits per heavy atom. The van der Waals surface area contributed by atoms with Gasteiger partial charge in [-0.2, -0.15) is 4.31 Å². The van der Waals surface area contributed by atoms with E-state index >= 15 is 0 Å². The Bertz CT molecular complexity index is 895. The Hall–Kier alpha value is -1.35. The molecular weight excluding hydrogens is 448 g/mol. The lowest BCUT2D eigenvalue weighted by atomic mass is 10.2. The summed E-state index contributed by atoms with van der Waals surface area (Å²) in [6, 6.07) is 14.3. The molecule has 1 amide bonds. The summed E-state index contributed by atoms with van der Waals surface area (Å²) in [6.07, 6.45) is 1.77. The minimum Gasteiger partial charge on any atom is -0.351 e. The van der Waals surface area contributed by atoms with Crippen LogP contribution in [0, 0.1) is 0 Å². The molecule has 0 spiro atoms. The number of amides is 1. The topological polar surface area (TPSA) is 66.5 Å². The maximum absolute atomic E-state index is 12.6. The fraction of sp³-hybridized carbons (Fsp3) is 0.316. The average Bonchev–Trinajstić information content (AvgIpc) is 3.22. The predicted octanol–water partition coefficient (Wildman–Crippen LogP) is 3.76. The van der Waals surface area contributed by atoms with Crippen LogP contribution in [-0.2, 0) is 10.0 Å². The molecule has 0 unspecified atom stereocenters. The van der Waals surface area contributed by atoms with Crippen molar-refractivity contribution in [1.82, 2.24) is 9.62 Å². The molecule has 1 fully saturated rings. The number of hydrogen-bond donors (Lipinski definition) is 1. The van der Waals surface area contributed by atoms with Crippen molar-refractivity contribution in [2.45, 2.75) is 22.6 Å².